The number of rotatable bonds is 8. The van der Waals surface area contributed by atoms with Crippen LogP contribution in [0, 0.1) is 6.92 Å². The molecule has 0 atom stereocenters. The average molecular weight is 365 g/mol. The summed E-state index contributed by atoms with van der Waals surface area (Å²) in [6, 6.07) is 15.1. The van der Waals surface area contributed by atoms with Crippen LogP contribution in [0.2, 0.25) is 0 Å². The Hall–Kier alpha value is -2.95. The quantitative estimate of drug-likeness (QED) is 0.408. The normalized spacial score (nSPS) is 13.0. The van der Waals surface area contributed by atoms with Crippen LogP contribution in [-0.2, 0) is 16.0 Å². The van der Waals surface area contributed by atoms with Crippen molar-refractivity contribution in [3.05, 3.63) is 70.8 Å². The number of carbonyl (C=O) groups excluding carboxylic acids is 3. The van der Waals surface area contributed by atoms with Gasteiger partial charge in [-0.3, -0.25) is 19.3 Å². The van der Waals surface area contributed by atoms with Crippen molar-refractivity contribution in [2.45, 2.75) is 32.6 Å². The third-order valence-corrected chi connectivity index (χ3v) is 4.63. The number of benzene rings is 2. The fraction of sp³-hybridized carbons (Fsp3) is 0.318. The molecule has 1 aliphatic heterocycles. The van der Waals surface area contributed by atoms with Crippen molar-refractivity contribution in [3.8, 4) is 0 Å². The molecule has 0 saturated carbocycles. The largest absolute Gasteiger partial charge is 0.466 e. The van der Waals surface area contributed by atoms with Gasteiger partial charge in [0.15, 0.2) is 0 Å². The second kappa shape index (κ2) is 8.62. The van der Waals surface area contributed by atoms with Crippen LogP contribution >= 0.6 is 0 Å². The summed E-state index contributed by atoms with van der Waals surface area (Å²) in [7, 11) is 0. The number of hydrogen-bond donors (Lipinski definition) is 0. The van der Waals surface area contributed by atoms with Crippen LogP contribution < -0.4 is 0 Å². The highest BCUT2D eigenvalue weighted by Crippen LogP contribution is 2.22. The van der Waals surface area contributed by atoms with E-state index in [4.69, 9.17) is 4.74 Å². The lowest BCUT2D eigenvalue weighted by Gasteiger charge is -2.13. The summed E-state index contributed by atoms with van der Waals surface area (Å²) < 4.78 is 5.22. The van der Waals surface area contributed by atoms with Crippen molar-refractivity contribution in [1.82, 2.24) is 4.90 Å². The fourth-order valence-electron chi connectivity index (χ4n) is 3.11. The summed E-state index contributed by atoms with van der Waals surface area (Å²) >= 11 is 0. The second-order valence-corrected chi connectivity index (χ2v) is 6.72. The zero-order chi connectivity index (χ0) is 19.2. The minimum Gasteiger partial charge on any atom is -0.466 e. The van der Waals surface area contributed by atoms with E-state index in [1.807, 2.05) is 6.92 Å². The minimum atomic E-state index is -0.278. The number of imide groups is 1. The molecule has 2 aromatic carbocycles. The molecule has 2 amide bonds. The molecule has 0 aromatic heterocycles. The molecule has 0 bridgehead atoms. The summed E-state index contributed by atoms with van der Waals surface area (Å²) in [5, 5.41) is 0. The fourth-order valence-corrected chi connectivity index (χ4v) is 3.11. The number of hydrogen-bond acceptors (Lipinski definition) is 4. The van der Waals surface area contributed by atoms with Crippen LogP contribution in [0.5, 0.6) is 0 Å². The van der Waals surface area contributed by atoms with E-state index in [0.717, 1.165) is 12.8 Å². The molecular formula is C22H23NO4. The Morgan fingerprint density at radius 3 is 2.19 bits per heavy atom. The smallest absolute Gasteiger partial charge is 0.305 e. The molecule has 0 unspecified atom stereocenters. The van der Waals surface area contributed by atoms with Crippen LogP contribution in [0.3, 0.4) is 0 Å². The molecule has 3 rings (SSSR count). The maximum Gasteiger partial charge on any atom is 0.305 e. The lowest BCUT2D eigenvalue weighted by Crippen LogP contribution is -2.31. The summed E-state index contributed by atoms with van der Waals surface area (Å²) in [6.07, 6.45) is 2.38. The highest BCUT2D eigenvalue weighted by Gasteiger charge is 2.34. The minimum absolute atomic E-state index is 0.205. The first kappa shape index (κ1) is 18.8. The van der Waals surface area contributed by atoms with Gasteiger partial charge in [0.1, 0.15) is 0 Å². The van der Waals surface area contributed by atoms with Gasteiger partial charge in [0.2, 0.25) is 0 Å². The van der Waals surface area contributed by atoms with Gasteiger partial charge in [-0.2, -0.15) is 0 Å². The summed E-state index contributed by atoms with van der Waals surface area (Å²) in [6.45, 7) is 2.50. The monoisotopic (exact) mass is 365 g/mol. The maximum atomic E-state index is 12.2. The van der Waals surface area contributed by atoms with E-state index in [-0.39, 0.29) is 30.9 Å². The van der Waals surface area contributed by atoms with Crippen molar-refractivity contribution >= 4 is 17.8 Å². The summed E-state index contributed by atoms with van der Waals surface area (Å²) in [5.41, 5.74) is 3.31. The molecule has 0 fully saturated rings. The Bertz CT molecular complexity index is 807. The van der Waals surface area contributed by atoms with Crippen molar-refractivity contribution in [2.24, 2.45) is 0 Å². The lowest BCUT2D eigenvalue weighted by molar-refractivity contribution is -0.143. The van der Waals surface area contributed by atoms with Crippen LogP contribution in [0.15, 0.2) is 48.5 Å². The molecule has 0 radical (unpaired) electrons. The molecule has 0 aliphatic carbocycles. The van der Waals surface area contributed by atoms with Gasteiger partial charge >= 0.3 is 5.97 Å². The van der Waals surface area contributed by atoms with Gasteiger partial charge in [0.05, 0.1) is 17.7 Å². The van der Waals surface area contributed by atoms with Gasteiger partial charge in [-0.15, -0.1) is 0 Å². The summed E-state index contributed by atoms with van der Waals surface area (Å²) in [4.78, 5) is 37.5. The van der Waals surface area contributed by atoms with Crippen LogP contribution in [0.25, 0.3) is 0 Å². The number of nitrogens with zero attached hydrogens (tertiary/aromatic N) is 1. The first-order valence-electron chi connectivity index (χ1n) is 9.22. The molecule has 0 spiro atoms. The highest BCUT2D eigenvalue weighted by atomic mass is 16.5. The third-order valence-electron chi connectivity index (χ3n) is 4.63. The van der Waals surface area contributed by atoms with Crippen molar-refractivity contribution in [1.29, 1.82) is 0 Å². The van der Waals surface area contributed by atoms with Crippen LogP contribution in [0.4, 0.5) is 0 Å². The zero-order valence-corrected chi connectivity index (χ0v) is 15.4. The number of aryl methyl sites for hydroxylation is 2. The van der Waals surface area contributed by atoms with Crippen LogP contribution in [0.1, 0.15) is 51.1 Å². The first-order chi connectivity index (χ1) is 13.1. The Kier molecular flexibility index (Phi) is 6.01. The predicted molar refractivity (Wildman–Crippen MR) is 102 cm³/mol. The van der Waals surface area contributed by atoms with E-state index < -0.39 is 0 Å². The van der Waals surface area contributed by atoms with Gasteiger partial charge in [-0.1, -0.05) is 42.0 Å². The third kappa shape index (κ3) is 4.61. The summed E-state index contributed by atoms with van der Waals surface area (Å²) in [5.74, 6) is -0.801. The Balaban J connectivity index is 1.34. The van der Waals surface area contributed by atoms with Gasteiger partial charge < -0.3 is 4.74 Å². The Morgan fingerprint density at radius 1 is 0.926 bits per heavy atom. The number of amides is 2. The van der Waals surface area contributed by atoms with E-state index >= 15 is 0 Å². The number of fused-ring (bicyclic) bond motifs is 1. The standard InChI is InChI=1S/C22H23NO4/c1-16-10-12-17(13-11-16)6-4-9-20(24)27-15-5-14-23-21(25)18-7-2-3-8-19(18)22(23)26/h2-3,7-8,10-13H,4-6,9,14-15H2,1H3. The molecule has 140 valence electrons. The maximum absolute atomic E-state index is 12.2. The van der Waals surface area contributed by atoms with E-state index in [9.17, 15) is 14.4 Å². The number of ether oxygens (including phenoxy) is 1. The second-order valence-electron chi connectivity index (χ2n) is 6.72. The zero-order valence-electron chi connectivity index (χ0n) is 15.4. The topological polar surface area (TPSA) is 63.7 Å². The van der Waals surface area contributed by atoms with Gasteiger partial charge in [0, 0.05) is 13.0 Å². The first-order valence-corrected chi connectivity index (χ1v) is 9.22. The van der Waals surface area contributed by atoms with Crippen molar-refractivity contribution in [3.63, 3.8) is 0 Å². The SMILES string of the molecule is Cc1ccc(CCCC(=O)OCCCN2C(=O)c3ccccc3C2=O)cc1. The van der Waals surface area contributed by atoms with Crippen LogP contribution in [-0.4, -0.2) is 35.8 Å². The number of carbonyl (C=O) groups is 3. The molecule has 1 aliphatic rings. The van der Waals surface area contributed by atoms with Gasteiger partial charge in [-0.25, -0.2) is 0 Å². The molecule has 1 heterocycles. The predicted octanol–water partition coefficient (Wildman–Crippen LogP) is 3.55. The molecule has 0 N–H and O–H groups in total. The van der Waals surface area contributed by atoms with E-state index in [2.05, 4.69) is 24.3 Å². The molecule has 5 heteroatoms. The molecular weight excluding hydrogens is 342 g/mol. The van der Waals surface area contributed by atoms with E-state index in [0.29, 0.717) is 24.0 Å². The molecule has 27 heavy (non-hydrogen) atoms. The lowest BCUT2D eigenvalue weighted by atomic mass is 10.1. The highest BCUT2D eigenvalue weighted by molar-refractivity contribution is 6.21. The Morgan fingerprint density at radius 2 is 1.56 bits per heavy atom. The molecule has 0 saturated heterocycles. The van der Waals surface area contributed by atoms with Gasteiger partial charge in [0.25, 0.3) is 11.8 Å². The molecule has 5 nitrogen and oxygen atoms in total. The van der Waals surface area contributed by atoms with E-state index in [1.165, 1.54) is 16.0 Å². The number of esters is 1. The Labute approximate surface area is 158 Å². The average Bonchev–Trinajstić information content (AvgIpc) is 2.92. The molecule has 2 aromatic rings. The van der Waals surface area contributed by atoms with E-state index in [1.54, 1.807) is 24.3 Å². The van der Waals surface area contributed by atoms with Gasteiger partial charge in [-0.05, 0) is 43.9 Å². The van der Waals surface area contributed by atoms with Crippen molar-refractivity contribution in [2.75, 3.05) is 13.2 Å². The van der Waals surface area contributed by atoms with Crippen molar-refractivity contribution < 1.29 is 19.1 Å².